The van der Waals surface area contributed by atoms with Crippen LogP contribution >= 0.6 is 11.6 Å². The molecule has 10 heteroatoms. The molecule has 0 radical (unpaired) electrons. The highest BCUT2D eigenvalue weighted by Gasteiger charge is 2.58. The molecule has 2 unspecified atom stereocenters. The molecular formula is C24H25ClFN3O4S. The van der Waals surface area contributed by atoms with Crippen LogP contribution in [0.15, 0.2) is 47.4 Å². The second-order valence-corrected chi connectivity index (χ2v) is 12.0. The van der Waals surface area contributed by atoms with Gasteiger partial charge in [-0.05, 0) is 86.3 Å². The average molecular weight is 506 g/mol. The minimum Gasteiger partial charge on any atom is -0.369 e. The van der Waals surface area contributed by atoms with Gasteiger partial charge in [-0.1, -0.05) is 17.7 Å². The summed E-state index contributed by atoms with van der Waals surface area (Å²) in [6.45, 7) is 0. The topological polar surface area (TPSA) is 118 Å². The predicted molar refractivity (Wildman–Crippen MR) is 125 cm³/mol. The molecule has 4 aliphatic carbocycles. The first kappa shape index (κ1) is 23.1. The number of amides is 2. The Hall–Kier alpha value is -2.65. The molecule has 0 saturated heterocycles. The van der Waals surface area contributed by atoms with Gasteiger partial charge in [0, 0.05) is 27.7 Å². The van der Waals surface area contributed by atoms with Crippen LogP contribution < -0.4 is 15.8 Å². The number of halogens is 2. The molecule has 2 aromatic rings. The lowest BCUT2D eigenvalue weighted by atomic mass is 9.47. The van der Waals surface area contributed by atoms with Crippen LogP contribution in [0.2, 0.25) is 5.02 Å². The first-order valence-electron chi connectivity index (χ1n) is 11.2. The molecule has 4 fully saturated rings. The average Bonchev–Trinajstić information content (AvgIpc) is 2.75. The first-order valence-corrected chi connectivity index (χ1v) is 13.1. The first-order chi connectivity index (χ1) is 16.0. The zero-order chi connectivity index (χ0) is 24.3. The van der Waals surface area contributed by atoms with Crippen molar-refractivity contribution in [2.75, 3.05) is 4.72 Å². The van der Waals surface area contributed by atoms with E-state index in [-0.39, 0.29) is 45.3 Å². The molecule has 34 heavy (non-hydrogen) atoms. The molecule has 2 atom stereocenters. The van der Waals surface area contributed by atoms with Crippen molar-refractivity contribution < 1.29 is 22.4 Å². The Morgan fingerprint density at radius 1 is 1.06 bits per heavy atom. The molecule has 4 N–H and O–H groups in total. The molecule has 4 saturated carbocycles. The lowest BCUT2D eigenvalue weighted by Crippen LogP contribution is -2.62. The van der Waals surface area contributed by atoms with Crippen LogP contribution in [0.3, 0.4) is 0 Å². The zero-order valence-corrected chi connectivity index (χ0v) is 19.8. The maximum Gasteiger partial charge on any atom is 0.262 e. The molecule has 0 heterocycles. The van der Waals surface area contributed by atoms with Crippen LogP contribution in [0.4, 0.5) is 10.1 Å². The number of nitrogens with one attached hydrogen (secondary N) is 2. The van der Waals surface area contributed by atoms with Crippen LogP contribution in [0.25, 0.3) is 0 Å². The van der Waals surface area contributed by atoms with E-state index in [1.807, 2.05) is 0 Å². The maximum absolute atomic E-state index is 13.6. The van der Waals surface area contributed by atoms with Crippen LogP contribution in [-0.2, 0) is 14.8 Å². The number of hydrogen-bond acceptors (Lipinski definition) is 4. The maximum atomic E-state index is 13.6. The number of benzene rings is 2. The summed E-state index contributed by atoms with van der Waals surface area (Å²) in [4.78, 5) is 24.9. The number of carbonyl (C=O) groups excluding carboxylic acids is 2. The van der Waals surface area contributed by atoms with Gasteiger partial charge in [-0.2, -0.15) is 0 Å². The summed E-state index contributed by atoms with van der Waals surface area (Å²) in [6, 6.07) is 9.12. The van der Waals surface area contributed by atoms with Gasteiger partial charge in [0.05, 0.1) is 4.90 Å². The van der Waals surface area contributed by atoms with Gasteiger partial charge in [-0.3, -0.25) is 14.3 Å². The molecule has 2 amide bonds. The number of nitrogens with two attached hydrogens (primary N) is 1. The summed E-state index contributed by atoms with van der Waals surface area (Å²) in [5, 5.41) is 3.10. The summed E-state index contributed by atoms with van der Waals surface area (Å²) in [5.74, 6) is -0.400. The van der Waals surface area contributed by atoms with Gasteiger partial charge in [0.25, 0.3) is 15.9 Å². The Morgan fingerprint density at radius 2 is 1.76 bits per heavy atom. The van der Waals surface area contributed by atoms with Crippen LogP contribution in [0.5, 0.6) is 0 Å². The SMILES string of the molecule is NC(=O)C12CC3CC(C1)C(NC(=O)c1cccc(NS(=O)(=O)c4cc(F)cc(Cl)c4)c1)C(C3)C2. The molecule has 4 aliphatic rings. The van der Waals surface area contributed by atoms with E-state index in [0.29, 0.717) is 24.3 Å². The zero-order valence-electron chi connectivity index (χ0n) is 18.3. The standard InChI is InChI=1S/C24H25ClFN3O4S/c25-17-7-18(26)9-20(8-17)34(32,33)29-19-3-1-2-14(6-19)22(30)28-21-15-4-13-5-16(21)12-24(10-13,11-15)23(27)31/h1-3,6-9,13,15-16,21,29H,4-5,10-12H2,(H2,27,31)(H,28,30). The van der Waals surface area contributed by atoms with Gasteiger partial charge < -0.3 is 11.1 Å². The Balaban J connectivity index is 1.31. The van der Waals surface area contributed by atoms with Crippen molar-refractivity contribution in [2.45, 2.75) is 43.0 Å². The van der Waals surface area contributed by atoms with Crippen LogP contribution in [0, 0.1) is 29.0 Å². The number of rotatable bonds is 6. The Morgan fingerprint density at radius 3 is 2.41 bits per heavy atom. The van der Waals surface area contributed by atoms with Gasteiger partial charge in [0.15, 0.2) is 0 Å². The fraction of sp³-hybridized carbons (Fsp3) is 0.417. The predicted octanol–water partition coefficient (Wildman–Crippen LogP) is 3.69. The molecule has 0 aliphatic heterocycles. The van der Waals surface area contributed by atoms with Crippen molar-refractivity contribution in [1.29, 1.82) is 0 Å². The molecule has 0 spiro atoms. The minimum absolute atomic E-state index is 0.0358. The smallest absolute Gasteiger partial charge is 0.262 e. The number of sulfonamides is 1. The highest BCUT2D eigenvalue weighted by molar-refractivity contribution is 7.92. The Bertz CT molecular complexity index is 1250. The lowest BCUT2D eigenvalue weighted by Gasteiger charge is -2.58. The largest absolute Gasteiger partial charge is 0.369 e. The fourth-order valence-electron chi connectivity index (χ4n) is 6.42. The van der Waals surface area contributed by atoms with E-state index in [4.69, 9.17) is 17.3 Å². The second kappa shape index (κ2) is 8.23. The second-order valence-electron chi connectivity index (χ2n) is 9.91. The van der Waals surface area contributed by atoms with Crippen LogP contribution in [-0.4, -0.2) is 26.3 Å². The van der Waals surface area contributed by atoms with Crippen LogP contribution in [0.1, 0.15) is 42.5 Å². The van der Waals surface area contributed by atoms with Gasteiger partial charge in [-0.25, -0.2) is 12.8 Å². The van der Waals surface area contributed by atoms with Crippen molar-refractivity contribution >= 4 is 39.1 Å². The van der Waals surface area contributed by atoms with E-state index >= 15 is 0 Å². The van der Waals surface area contributed by atoms with E-state index in [9.17, 15) is 22.4 Å². The third-order valence-corrected chi connectivity index (χ3v) is 9.20. The van der Waals surface area contributed by atoms with Gasteiger partial charge in [0.2, 0.25) is 5.91 Å². The normalized spacial score (nSPS) is 29.6. The Labute approximate surface area is 202 Å². The van der Waals surface area contributed by atoms with Crippen molar-refractivity contribution in [3.05, 3.63) is 58.9 Å². The third-order valence-electron chi connectivity index (χ3n) is 7.62. The summed E-state index contributed by atoms with van der Waals surface area (Å²) in [6.07, 6.45) is 4.22. The summed E-state index contributed by atoms with van der Waals surface area (Å²) in [7, 11) is -4.11. The molecule has 0 aromatic heterocycles. The van der Waals surface area contributed by atoms with Gasteiger partial charge in [0.1, 0.15) is 5.82 Å². The lowest BCUT2D eigenvalue weighted by molar-refractivity contribution is -0.145. The molecule has 180 valence electrons. The van der Waals surface area contributed by atoms with Crippen molar-refractivity contribution in [3.8, 4) is 0 Å². The van der Waals surface area contributed by atoms with Crippen molar-refractivity contribution in [2.24, 2.45) is 28.9 Å². The fourth-order valence-corrected chi connectivity index (χ4v) is 7.81. The number of anilines is 1. The summed E-state index contributed by atoms with van der Waals surface area (Å²) in [5.41, 5.74) is 5.78. The summed E-state index contributed by atoms with van der Waals surface area (Å²) >= 11 is 5.79. The minimum atomic E-state index is -4.11. The third kappa shape index (κ3) is 4.15. The summed E-state index contributed by atoms with van der Waals surface area (Å²) < 4.78 is 41.4. The van der Waals surface area contributed by atoms with E-state index in [1.165, 1.54) is 12.1 Å². The number of hydrogen-bond donors (Lipinski definition) is 3. The molecule has 2 aromatic carbocycles. The van der Waals surface area contributed by atoms with Gasteiger partial charge >= 0.3 is 0 Å². The van der Waals surface area contributed by atoms with Crippen molar-refractivity contribution in [1.82, 2.24) is 5.32 Å². The van der Waals surface area contributed by atoms with E-state index < -0.39 is 21.3 Å². The van der Waals surface area contributed by atoms with E-state index in [1.54, 1.807) is 12.1 Å². The van der Waals surface area contributed by atoms with Crippen molar-refractivity contribution in [3.63, 3.8) is 0 Å². The highest BCUT2D eigenvalue weighted by atomic mass is 35.5. The monoisotopic (exact) mass is 505 g/mol. The molecule has 7 nitrogen and oxygen atoms in total. The molecule has 6 rings (SSSR count). The molecular weight excluding hydrogens is 481 g/mol. The highest BCUT2D eigenvalue weighted by Crippen LogP contribution is 2.59. The van der Waals surface area contributed by atoms with Gasteiger partial charge in [-0.15, -0.1) is 0 Å². The van der Waals surface area contributed by atoms with E-state index in [2.05, 4.69) is 10.0 Å². The number of carbonyl (C=O) groups is 2. The molecule has 4 bridgehead atoms. The van der Waals surface area contributed by atoms with E-state index in [0.717, 1.165) is 37.5 Å². The Kier molecular flexibility index (Phi) is 5.60. The number of primary amides is 1. The quantitative estimate of drug-likeness (QED) is 0.554.